The summed E-state index contributed by atoms with van der Waals surface area (Å²) in [5, 5.41) is 21.4. The number of halogens is 3. The van der Waals surface area contributed by atoms with E-state index in [4.69, 9.17) is 10.5 Å². The lowest BCUT2D eigenvalue weighted by Crippen LogP contribution is -2.57. The summed E-state index contributed by atoms with van der Waals surface area (Å²) in [4.78, 5) is 52.2. The van der Waals surface area contributed by atoms with Crippen LogP contribution in [0.1, 0.15) is 75.4 Å². The van der Waals surface area contributed by atoms with Gasteiger partial charge >= 0.3 is 5.76 Å². The number of rotatable bonds is 15. The van der Waals surface area contributed by atoms with E-state index in [0.29, 0.717) is 27.6 Å². The number of nitrogens with two attached hydrogens (primary N) is 1. The number of fused-ring (bicyclic) bond motifs is 1. The van der Waals surface area contributed by atoms with E-state index in [9.17, 15) is 41.1 Å². The smallest absolute Gasteiger partial charge is 0.355 e. The van der Waals surface area contributed by atoms with Crippen LogP contribution < -0.4 is 25.8 Å². The molecule has 6 aromatic rings. The number of anilines is 2. The average Bonchev–Trinajstić information content (AvgIpc) is 4.03. The van der Waals surface area contributed by atoms with E-state index in [1.165, 1.54) is 58.2 Å². The molecule has 3 aromatic carbocycles. The van der Waals surface area contributed by atoms with Gasteiger partial charge in [0.25, 0.3) is 10.0 Å². The molecule has 1 saturated heterocycles. The minimum atomic E-state index is -5.10. The number of alkyl halides is 2. The van der Waals surface area contributed by atoms with E-state index in [1.54, 1.807) is 51.6 Å². The lowest BCUT2D eigenvalue weighted by Gasteiger charge is -2.35. The van der Waals surface area contributed by atoms with Crippen LogP contribution in [0.3, 0.4) is 0 Å². The van der Waals surface area contributed by atoms with Gasteiger partial charge in [0.05, 0.1) is 44.3 Å². The number of nitrogen functional groups attached to an aromatic ring is 1. The minimum Gasteiger partial charge on any atom is -0.484 e. The van der Waals surface area contributed by atoms with Crippen molar-refractivity contribution in [2.45, 2.75) is 90.5 Å². The summed E-state index contributed by atoms with van der Waals surface area (Å²) in [6.07, 6.45) is -0.259. The molecule has 1 fully saturated rings. The fraction of sp³-hybridized carbons (Fsp3) is 0.347. The number of nitrogens with zero attached hydrogens (tertiary/aromatic N) is 5. The molecule has 70 heavy (non-hydrogen) atoms. The second-order valence-electron chi connectivity index (χ2n) is 17.9. The number of amides is 3. The molecule has 0 spiro atoms. The van der Waals surface area contributed by atoms with Gasteiger partial charge in [0.2, 0.25) is 17.7 Å². The molecule has 4 atom stereocenters. The molecule has 3 aromatic heterocycles. The number of aliphatic hydroxyl groups is 1. The molecule has 1 aliphatic heterocycles. The molecule has 368 valence electrons. The van der Waals surface area contributed by atoms with E-state index in [0.717, 1.165) is 21.7 Å². The minimum absolute atomic E-state index is 0.0420. The van der Waals surface area contributed by atoms with Crippen molar-refractivity contribution in [3.63, 3.8) is 0 Å². The van der Waals surface area contributed by atoms with Crippen LogP contribution in [0.5, 0.6) is 5.75 Å². The molecule has 21 heteroatoms. The molecule has 0 bridgehead atoms. The third-order valence-electron chi connectivity index (χ3n) is 11.7. The molecule has 3 amide bonds. The highest BCUT2D eigenvalue weighted by Crippen LogP contribution is 2.39. The third kappa shape index (κ3) is 11.5. The van der Waals surface area contributed by atoms with Crippen LogP contribution in [0.15, 0.2) is 78.4 Å². The van der Waals surface area contributed by atoms with Gasteiger partial charge in [-0.15, -0.1) is 11.3 Å². The zero-order chi connectivity index (χ0) is 50.7. The molecule has 7 rings (SSSR count). The Labute approximate surface area is 406 Å². The van der Waals surface area contributed by atoms with Gasteiger partial charge in [-0.1, -0.05) is 75.1 Å². The van der Waals surface area contributed by atoms with Crippen molar-refractivity contribution >= 4 is 61.5 Å². The fourth-order valence-corrected chi connectivity index (χ4v) is 9.39. The lowest BCUT2D eigenvalue weighted by molar-refractivity contribution is -0.144. The first-order valence-electron chi connectivity index (χ1n) is 22.1. The van der Waals surface area contributed by atoms with Gasteiger partial charge in [-0.3, -0.25) is 23.8 Å². The Balaban J connectivity index is 1.04. The molecular formula is C49H52F3N9O7S2. The highest BCUT2D eigenvalue weighted by molar-refractivity contribution is 7.93. The van der Waals surface area contributed by atoms with Gasteiger partial charge in [0.15, 0.2) is 0 Å². The van der Waals surface area contributed by atoms with E-state index in [1.807, 2.05) is 35.9 Å². The summed E-state index contributed by atoms with van der Waals surface area (Å²) in [5.74, 6) is 0.359. The maximum Gasteiger partial charge on any atom is 0.355 e. The first-order valence-corrected chi connectivity index (χ1v) is 24.5. The van der Waals surface area contributed by atoms with Crippen LogP contribution in [-0.4, -0.2) is 86.4 Å². The Morgan fingerprint density at radius 2 is 1.74 bits per heavy atom. The standard InChI is InChI=1S/C49H52F3N9O7S2/c1-27-43(69-26-56-27)31-13-11-29(12-14-31)23-55-46(64)37-22-35(62)25-61(37)47(65)44(49(3,4)5)57-39(63)10-8-7-9-33-24-54-45(53)40-41(58-60(6)42(33)40)32-17-20-36(59-70(66,67)48(51)52)38(21-32)68-28(2)30-15-18-34(50)19-16-30/h11-21,24,26,28,35,37,44,48,59,62H,8,10,22-23,25H2,1-6H3,(H2,53,54)(H,55,64)(H,57,63)/t28?,35-,37+,44?/m1/s1. The molecule has 2 unspecified atom stereocenters. The number of pyridine rings is 1. The van der Waals surface area contributed by atoms with Crippen molar-refractivity contribution in [3.05, 3.63) is 107 Å². The van der Waals surface area contributed by atoms with Crippen LogP contribution >= 0.6 is 11.3 Å². The maximum atomic E-state index is 14.2. The average molecular weight is 1000 g/mol. The predicted molar refractivity (Wildman–Crippen MR) is 260 cm³/mol. The number of benzene rings is 3. The Bertz CT molecular complexity index is 3090. The SMILES string of the molecule is Cc1ncsc1-c1ccc(CNC(=O)[C@@H]2C[C@@H](O)CN2C(=O)C(NC(=O)CCC#Cc2cnc(N)c3c(-c4ccc(NS(=O)(=O)C(F)F)c(OC(C)c5ccc(F)cc5)c4)nn(C)c23)C(C)(C)C)cc1. The highest BCUT2D eigenvalue weighted by atomic mass is 32.2. The van der Waals surface area contributed by atoms with E-state index >= 15 is 0 Å². The summed E-state index contributed by atoms with van der Waals surface area (Å²) in [7, 11) is -3.46. The maximum absolute atomic E-state index is 14.2. The Morgan fingerprint density at radius 1 is 1.04 bits per heavy atom. The van der Waals surface area contributed by atoms with Crippen molar-refractivity contribution in [1.29, 1.82) is 0 Å². The zero-order valence-corrected chi connectivity index (χ0v) is 40.7. The number of ether oxygens (including phenoxy) is 1. The fourth-order valence-electron chi connectivity index (χ4n) is 8.02. The lowest BCUT2D eigenvalue weighted by atomic mass is 9.85. The molecule has 0 aliphatic carbocycles. The van der Waals surface area contributed by atoms with Crippen molar-refractivity contribution in [1.82, 2.24) is 35.3 Å². The van der Waals surface area contributed by atoms with Crippen molar-refractivity contribution < 1.29 is 45.8 Å². The number of hydrogen-bond acceptors (Lipinski definition) is 12. The topological polar surface area (TPSA) is 224 Å². The van der Waals surface area contributed by atoms with Crippen LogP contribution in [0.2, 0.25) is 0 Å². The van der Waals surface area contributed by atoms with Crippen molar-refractivity contribution in [2.75, 3.05) is 17.0 Å². The Kier molecular flexibility index (Phi) is 15.2. The summed E-state index contributed by atoms with van der Waals surface area (Å²) >= 11 is 1.55. The van der Waals surface area contributed by atoms with Gasteiger partial charge in [0, 0.05) is 51.2 Å². The number of thiazole rings is 1. The predicted octanol–water partition coefficient (Wildman–Crippen LogP) is 6.83. The molecule has 16 nitrogen and oxygen atoms in total. The molecular weight excluding hydrogens is 948 g/mol. The number of sulfonamides is 1. The van der Waals surface area contributed by atoms with Crippen LogP contribution in [0.25, 0.3) is 32.6 Å². The zero-order valence-electron chi connectivity index (χ0n) is 39.1. The largest absolute Gasteiger partial charge is 0.484 e. The number of nitrogens with one attached hydrogen (secondary N) is 3. The van der Waals surface area contributed by atoms with Gasteiger partial charge in [-0.25, -0.2) is 22.8 Å². The third-order valence-corrected chi connectivity index (χ3v) is 13.6. The van der Waals surface area contributed by atoms with E-state index in [2.05, 4.69) is 37.5 Å². The summed E-state index contributed by atoms with van der Waals surface area (Å²) < 4.78 is 74.5. The van der Waals surface area contributed by atoms with Crippen LogP contribution in [0.4, 0.5) is 24.7 Å². The molecule has 1 aliphatic rings. The van der Waals surface area contributed by atoms with Gasteiger partial charge in [-0.2, -0.15) is 13.9 Å². The quantitative estimate of drug-likeness (QED) is 0.0671. The van der Waals surface area contributed by atoms with Crippen LogP contribution in [-0.2, 0) is 38.0 Å². The normalized spacial score (nSPS) is 15.8. The second kappa shape index (κ2) is 20.9. The van der Waals surface area contributed by atoms with Crippen LogP contribution in [0, 0.1) is 30.0 Å². The van der Waals surface area contributed by atoms with E-state index in [-0.39, 0.29) is 55.3 Å². The van der Waals surface area contributed by atoms with Crippen molar-refractivity contribution in [2.24, 2.45) is 12.5 Å². The number of carbonyl (C=O) groups excluding carboxylic acids is 3. The summed E-state index contributed by atoms with van der Waals surface area (Å²) in [6.45, 7) is 9.07. The number of carbonyl (C=O) groups is 3. The van der Waals surface area contributed by atoms with Crippen molar-refractivity contribution in [3.8, 4) is 39.3 Å². The first kappa shape index (κ1) is 50.8. The van der Waals surface area contributed by atoms with Gasteiger partial charge in [-0.05, 0) is 60.2 Å². The number of likely N-dealkylation sites (tertiary alicyclic amines) is 1. The molecule has 6 N–H and O–H groups in total. The number of aromatic nitrogens is 4. The second-order valence-corrected chi connectivity index (χ2v) is 20.4. The molecule has 4 heterocycles. The number of aryl methyl sites for hydroxylation is 2. The monoisotopic (exact) mass is 999 g/mol. The van der Waals surface area contributed by atoms with E-state index < -0.39 is 69.0 Å². The molecule has 0 saturated carbocycles. The van der Waals surface area contributed by atoms with Gasteiger partial charge < -0.3 is 31.1 Å². The first-order chi connectivity index (χ1) is 33.1. The highest BCUT2D eigenvalue weighted by Gasteiger charge is 2.44. The summed E-state index contributed by atoms with van der Waals surface area (Å²) in [5.41, 5.74) is 12.0. The van der Waals surface area contributed by atoms with Gasteiger partial charge in [0.1, 0.15) is 41.3 Å². The summed E-state index contributed by atoms with van der Waals surface area (Å²) in [6, 6.07) is 15.2. The Hall–Kier alpha value is -7.02. The molecule has 0 radical (unpaired) electrons. The number of β-amino-alcohol motifs (C(OH)–C–C–N with tert-alkyl or cyclic N) is 1. The Morgan fingerprint density at radius 3 is 2.40 bits per heavy atom. The number of hydrogen-bond donors (Lipinski definition) is 5. The number of aliphatic hydroxyl groups excluding tert-OH is 1.